The molecule has 21 heavy (non-hydrogen) atoms. The van der Waals surface area contributed by atoms with Crippen LogP contribution in [0.1, 0.15) is 5.69 Å². The Morgan fingerprint density at radius 1 is 1.00 bits per heavy atom. The highest BCUT2D eigenvalue weighted by Crippen LogP contribution is 2.26. The van der Waals surface area contributed by atoms with Gasteiger partial charge in [0.25, 0.3) is 0 Å². The second kappa shape index (κ2) is 5.41. The molecule has 0 radical (unpaired) electrons. The predicted octanol–water partition coefficient (Wildman–Crippen LogP) is 2.70. The number of halogens is 2. The third-order valence-corrected chi connectivity index (χ3v) is 3.08. The lowest BCUT2D eigenvalue weighted by molar-refractivity contribution is 0.277. The van der Waals surface area contributed by atoms with Gasteiger partial charge in [0.2, 0.25) is 0 Å². The number of para-hydroxylation sites is 1. The van der Waals surface area contributed by atoms with Gasteiger partial charge in [0.1, 0.15) is 11.4 Å². The van der Waals surface area contributed by atoms with Gasteiger partial charge in [-0.05, 0) is 30.3 Å². The Balaban J connectivity index is 2.21. The standard InChI is InChI=1S/C15H11F2N3O/c16-12-7-6-10(8-13(12)17)15-14(9-21)18-19-20(15)11-4-2-1-3-5-11/h1-8,21H,9H2. The van der Waals surface area contributed by atoms with E-state index in [0.717, 1.165) is 12.1 Å². The van der Waals surface area contributed by atoms with Crippen LogP contribution in [0.3, 0.4) is 0 Å². The second-order valence-electron chi connectivity index (χ2n) is 4.42. The van der Waals surface area contributed by atoms with Crippen molar-refractivity contribution in [2.75, 3.05) is 0 Å². The number of hydrogen-bond donors (Lipinski definition) is 1. The van der Waals surface area contributed by atoms with E-state index in [0.29, 0.717) is 22.6 Å². The van der Waals surface area contributed by atoms with Crippen LogP contribution in [-0.2, 0) is 6.61 Å². The first-order valence-corrected chi connectivity index (χ1v) is 6.27. The molecule has 4 nitrogen and oxygen atoms in total. The van der Waals surface area contributed by atoms with E-state index in [4.69, 9.17) is 0 Å². The van der Waals surface area contributed by atoms with Crippen LogP contribution in [0.25, 0.3) is 16.9 Å². The van der Waals surface area contributed by atoms with Gasteiger partial charge in [-0.3, -0.25) is 0 Å². The van der Waals surface area contributed by atoms with Crippen molar-refractivity contribution in [1.29, 1.82) is 0 Å². The zero-order valence-electron chi connectivity index (χ0n) is 10.9. The number of hydrogen-bond acceptors (Lipinski definition) is 3. The summed E-state index contributed by atoms with van der Waals surface area (Å²) in [5.41, 5.74) is 1.84. The Morgan fingerprint density at radius 2 is 1.76 bits per heavy atom. The van der Waals surface area contributed by atoms with Crippen LogP contribution in [-0.4, -0.2) is 20.1 Å². The third kappa shape index (κ3) is 2.41. The van der Waals surface area contributed by atoms with Crippen molar-refractivity contribution in [1.82, 2.24) is 15.0 Å². The second-order valence-corrected chi connectivity index (χ2v) is 4.42. The summed E-state index contributed by atoms with van der Waals surface area (Å²) in [4.78, 5) is 0. The first kappa shape index (κ1) is 13.4. The fourth-order valence-electron chi connectivity index (χ4n) is 2.10. The lowest BCUT2D eigenvalue weighted by Gasteiger charge is -2.08. The van der Waals surface area contributed by atoms with E-state index in [1.54, 1.807) is 12.1 Å². The maximum Gasteiger partial charge on any atom is 0.159 e. The van der Waals surface area contributed by atoms with Crippen molar-refractivity contribution >= 4 is 0 Å². The average molecular weight is 287 g/mol. The number of nitrogens with zero attached hydrogens (tertiary/aromatic N) is 3. The first-order valence-electron chi connectivity index (χ1n) is 6.27. The maximum absolute atomic E-state index is 13.5. The monoisotopic (exact) mass is 287 g/mol. The molecule has 0 amide bonds. The predicted molar refractivity (Wildman–Crippen MR) is 72.6 cm³/mol. The molecular formula is C15H11F2N3O. The molecule has 0 aliphatic heterocycles. The molecule has 6 heteroatoms. The summed E-state index contributed by atoms with van der Waals surface area (Å²) in [6, 6.07) is 12.6. The van der Waals surface area contributed by atoms with E-state index in [1.165, 1.54) is 10.7 Å². The van der Waals surface area contributed by atoms with Gasteiger partial charge in [0.05, 0.1) is 12.3 Å². The SMILES string of the molecule is OCc1nnn(-c2ccccc2)c1-c1ccc(F)c(F)c1. The van der Waals surface area contributed by atoms with E-state index < -0.39 is 11.6 Å². The Kier molecular flexibility index (Phi) is 3.45. The highest BCUT2D eigenvalue weighted by molar-refractivity contribution is 5.64. The molecule has 1 aromatic heterocycles. The van der Waals surface area contributed by atoms with Gasteiger partial charge in [-0.15, -0.1) is 5.10 Å². The zero-order valence-corrected chi connectivity index (χ0v) is 10.9. The third-order valence-electron chi connectivity index (χ3n) is 3.08. The Bertz CT molecular complexity index is 772. The summed E-state index contributed by atoms with van der Waals surface area (Å²) in [7, 11) is 0. The van der Waals surface area contributed by atoms with Crippen molar-refractivity contribution in [3.05, 3.63) is 65.9 Å². The molecule has 0 atom stereocenters. The minimum Gasteiger partial charge on any atom is -0.390 e. The maximum atomic E-state index is 13.5. The summed E-state index contributed by atoms with van der Waals surface area (Å²) < 4.78 is 28.0. The van der Waals surface area contributed by atoms with Crippen molar-refractivity contribution < 1.29 is 13.9 Å². The average Bonchev–Trinajstić information content (AvgIpc) is 2.95. The van der Waals surface area contributed by atoms with Gasteiger partial charge < -0.3 is 5.11 Å². The molecule has 1 heterocycles. The van der Waals surface area contributed by atoms with Gasteiger partial charge >= 0.3 is 0 Å². The normalized spacial score (nSPS) is 10.8. The van der Waals surface area contributed by atoms with Gasteiger partial charge in [-0.25, -0.2) is 13.5 Å². The van der Waals surface area contributed by atoms with Crippen LogP contribution in [0.15, 0.2) is 48.5 Å². The Labute approximate surface area is 119 Å². The van der Waals surface area contributed by atoms with Crippen LogP contribution in [0.2, 0.25) is 0 Å². The molecule has 2 aromatic carbocycles. The number of aliphatic hydroxyl groups is 1. The van der Waals surface area contributed by atoms with E-state index in [2.05, 4.69) is 10.3 Å². The molecule has 0 saturated carbocycles. The molecule has 3 aromatic rings. The largest absolute Gasteiger partial charge is 0.390 e. The van der Waals surface area contributed by atoms with E-state index >= 15 is 0 Å². The van der Waals surface area contributed by atoms with E-state index in [-0.39, 0.29) is 6.61 Å². The molecule has 0 spiro atoms. The molecule has 0 unspecified atom stereocenters. The Hall–Kier alpha value is -2.60. The summed E-state index contributed by atoms with van der Waals surface area (Å²) in [5.74, 6) is -1.89. The minimum absolute atomic E-state index is 0.296. The highest BCUT2D eigenvalue weighted by atomic mass is 19.2. The number of aromatic nitrogens is 3. The lowest BCUT2D eigenvalue weighted by atomic mass is 10.1. The summed E-state index contributed by atoms with van der Waals surface area (Å²) >= 11 is 0. The molecule has 106 valence electrons. The van der Waals surface area contributed by atoms with Crippen LogP contribution < -0.4 is 0 Å². The summed E-state index contributed by atoms with van der Waals surface area (Å²) in [6.45, 7) is -0.346. The van der Waals surface area contributed by atoms with Gasteiger partial charge in [-0.1, -0.05) is 23.4 Å². The topological polar surface area (TPSA) is 50.9 Å². The van der Waals surface area contributed by atoms with Crippen LogP contribution in [0.4, 0.5) is 8.78 Å². The fraction of sp³-hybridized carbons (Fsp3) is 0.0667. The zero-order chi connectivity index (χ0) is 14.8. The van der Waals surface area contributed by atoms with Crippen LogP contribution >= 0.6 is 0 Å². The lowest BCUT2D eigenvalue weighted by Crippen LogP contribution is -2.00. The molecule has 0 aliphatic rings. The van der Waals surface area contributed by atoms with Crippen molar-refractivity contribution in [3.8, 4) is 16.9 Å². The molecule has 0 fully saturated rings. The fourth-order valence-corrected chi connectivity index (χ4v) is 2.10. The molecule has 0 bridgehead atoms. The summed E-state index contributed by atoms with van der Waals surface area (Å²) in [5, 5.41) is 17.2. The molecule has 0 aliphatic carbocycles. The number of benzene rings is 2. The quantitative estimate of drug-likeness (QED) is 0.805. The number of aliphatic hydroxyl groups excluding tert-OH is 1. The van der Waals surface area contributed by atoms with Gasteiger partial charge in [0, 0.05) is 5.56 Å². The summed E-state index contributed by atoms with van der Waals surface area (Å²) in [6.07, 6.45) is 0. The minimum atomic E-state index is -0.961. The Morgan fingerprint density at radius 3 is 2.43 bits per heavy atom. The van der Waals surface area contributed by atoms with E-state index in [9.17, 15) is 13.9 Å². The van der Waals surface area contributed by atoms with Crippen molar-refractivity contribution in [2.24, 2.45) is 0 Å². The molecular weight excluding hydrogens is 276 g/mol. The first-order chi connectivity index (χ1) is 10.2. The van der Waals surface area contributed by atoms with Crippen molar-refractivity contribution in [3.63, 3.8) is 0 Å². The molecule has 0 saturated heterocycles. The van der Waals surface area contributed by atoms with Gasteiger partial charge in [-0.2, -0.15) is 0 Å². The van der Waals surface area contributed by atoms with E-state index in [1.807, 2.05) is 18.2 Å². The number of rotatable bonds is 3. The highest BCUT2D eigenvalue weighted by Gasteiger charge is 2.17. The molecule has 3 rings (SSSR count). The van der Waals surface area contributed by atoms with Crippen molar-refractivity contribution in [2.45, 2.75) is 6.61 Å². The van der Waals surface area contributed by atoms with Crippen LogP contribution in [0, 0.1) is 11.6 Å². The van der Waals surface area contributed by atoms with Gasteiger partial charge in [0.15, 0.2) is 11.6 Å². The molecule has 1 N–H and O–H groups in total. The van der Waals surface area contributed by atoms with Crippen LogP contribution in [0.5, 0.6) is 0 Å². The smallest absolute Gasteiger partial charge is 0.159 e.